The molecule has 138 valence electrons. The maximum Gasteiger partial charge on any atom is 0.288 e. The van der Waals surface area contributed by atoms with Gasteiger partial charge in [0.05, 0.1) is 30.3 Å². The van der Waals surface area contributed by atoms with Crippen molar-refractivity contribution in [3.8, 4) is 11.5 Å². The van der Waals surface area contributed by atoms with E-state index in [2.05, 4.69) is 5.10 Å². The minimum Gasteiger partial charge on any atom is -0.493 e. The van der Waals surface area contributed by atoms with Crippen LogP contribution < -0.4 is 14.3 Å². The lowest BCUT2D eigenvalue weighted by molar-refractivity contribution is -0.384. The predicted octanol–water partition coefficient (Wildman–Crippen LogP) is 2.58. The lowest BCUT2D eigenvalue weighted by Gasteiger charge is -2.09. The van der Waals surface area contributed by atoms with Crippen LogP contribution in [0.3, 0.4) is 0 Å². The molecule has 2 rings (SSSR count). The van der Waals surface area contributed by atoms with Gasteiger partial charge in [0, 0.05) is 17.7 Å². The van der Waals surface area contributed by atoms with Crippen LogP contribution in [0.5, 0.6) is 11.5 Å². The van der Waals surface area contributed by atoms with E-state index in [1.54, 1.807) is 0 Å². The summed E-state index contributed by atoms with van der Waals surface area (Å²) in [5.74, 6) is 0.621. The zero-order chi connectivity index (χ0) is 19.3. The number of nitrogens with one attached hydrogen (secondary N) is 1. The molecular weight excluding hydrogens is 386 g/mol. The molecule has 11 heteroatoms. The second-order valence-electron chi connectivity index (χ2n) is 4.84. The summed E-state index contributed by atoms with van der Waals surface area (Å²) in [6.07, 6.45) is 1.13. The van der Waals surface area contributed by atoms with Crippen LogP contribution in [0.2, 0.25) is 5.02 Å². The number of nitrogens with zero attached hydrogens (tertiary/aromatic N) is 2. The quantitative estimate of drug-likeness (QED) is 0.434. The molecular formula is C15H14ClN3O6S. The lowest BCUT2D eigenvalue weighted by Crippen LogP contribution is -2.18. The van der Waals surface area contributed by atoms with Crippen LogP contribution in [0.1, 0.15) is 5.56 Å². The summed E-state index contributed by atoms with van der Waals surface area (Å²) in [7, 11) is -1.15. The van der Waals surface area contributed by atoms with Gasteiger partial charge in [-0.15, -0.1) is 0 Å². The van der Waals surface area contributed by atoms with Crippen LogP contribution in [0.15, 0.2) is 46.4 Å². The van der Waals surface area contributed by atoms with Crippen molar-refractivity contribution in [1.29, 1.82) is 0 Å². The molecule has 0 amide bonds. The van der Waals surface area contributed by atoms with Gasteiger partial charge in [0.15, 0.2) is 11.5 Å². The number of benzene rings is 2. The van der Waals surface area contributed by atoms with E-state index >= 15 is 0 Å². The van der Waals surface area contributed by atoms with Crippen molar-refractivity contribution >= 4 is 33.5 Å². The number of hydrogen-bond acceptors (Lipinski definition) is 7. The molecule has 0 spiro atoms. The standard InChI is InChI=1S/C15H14ClN3O6S/c1-24-14-6-4-11(8-15(14)25-2)26(22,23)18-17-9-10-3-5-12(16)13(7-10)19(20)21/h3-9,18H,1-2H3/b17-9-. The Bertz CT molecular complexity index is 962. The maximum atomic E-state index is 12.3. The van der Waals surface area contributed by atoms with Gasteiger partial charge in [0.1, 0.15) is 5.02 Å². The third-order valence-electron chi connectivity index (χ3n) is 3.22. The van der Waals surface area contributed by atoms with E-state index < -0.39 is 14.9 Å². The zero-order valence-electron chi connectivity index (χ0n) is 13.7. The molecule has 9 nitrogen and oxygen atoms in total. The van der Waals surface area contributed by atoms with Gasteiger partial charge in [0.25, 0.3) is 15.7 Å². The monoisotopic (exact) mass is 399 g/mol. The number of ether oxygens (including phenoxy) is 2. The Morgan fingerprint density at radius 2 is 1.85 bits per heavy atom. The van der Waals surface area contributed by atoms with Crippen LogP contribution in [-0.2, 0) is 10.0 Å². The Labute approximate surface area is 154 Å². The number of nitro groups is 1. The summed E-state index contributed by atoms with van der Waals surface area (Å²) in [6, 6.07) is 8.01. The summed E-state index contributed by atoms with van der Waals surface area (Å²) >= 11 is 5.71. The highest BCUT2D eigenvalue weighted by Crippen LogP contribution is 2.29. The first-order valence-electron chi connectivity index (χ1n) is 6.99. The summed E-state index contributed by atoms with van der Waals surface area (Å²) in [5.41, 5.74) is -0.00511. The largest absolute Gasteiger partial charge is 0.493 e. The predicted molar refractivity (Wildman–Crippen MR) is 95.6 cm³/mol. The summed E-state index contributed by atoms with van der Waals surface area (Å²) in [4.78, 5) is 12.1. The van der Waals surface area contributed by atoms with Gasteiger partial charge in [-0.2, -0.15) is 13.5 Å². The normalized spacial score (nSPS) is 11.3. The number of rotatable bonds is 7. The second-order valence-corrected chi connectivity index (χ2v) is 6.91. The number of hydrazone groups is 1. The van der Waals surface area contributed by atoms with Crippen molar-refractivity contribution in [2.45, 2.75) is 4.90 Å². The van der Waals surface area contributed by atoms with Crippen molar-refractivity contribution < 1.29 is 22.8 Å². The first-order valence-corrected chi connectivity index (χ1v) is 8.85. The van der Waals surface area contributed by atoms with Gasteiger partial charge in [-0.3, -0.25) is 10.1 Å². The molecule has 0 aliphatic carbocycles. The smallest absolute Gasteiger partial charge is 0.288 e. The summed E-state index contributed by atoms with van der Waals surface area (Å²) in [6.45, 7) is 0. The van der Waals surface area contributed by atoms with Crippen LogP contribution in [0.4, 0.5) is 5.69 Å². The SMILES string of the molecule is COc1ccc(S(=O)(=O)N/N=C\c2ccc(Cl)c([N+](=O)[O-])c2)cc1OC. The molecule has 0 unspecified atom stereocenters. The molecule has 0 saturated carbocycles. The van der Waals surface area contributed by atoms with Crippen LogP contribution >= 0.6 is 11.6 Å². The van der Waals surface area contributed by atoms with Crippen molar-refractivity contribution in [3.05, 3.63) is 57.1 Å². The molecule has 2 aromatic carbocycles. The van der Waals surface area contributed by atoms with Gasteiger partial charge in [-0.1, -0.05) is 17.7 Å². The Hall–Kier alpha value is -2.85. The second kappa shape index (κ2) is 8.02. The third-order valence-corrected chi connectivity index (χ3v) is 4.76. The molecule has 0 aliphatic rings. The van der Waals surface area contributed by atoms with E-state index in [1.165, 1.54) is 50.6 Å². The van der Waals surface area contributed by atoms with Crippen LogP contribution in [0.25, 0.3) is 0 Å². The van der Waals surface area contributed by atoms with Crippen molar-refractivity contribution in [2.75, 3.05) is 14.2 Å². The van der Waals surface area contributed by atoms with Gasteiger partial charge >= 0.3 is 0 Å². The fraction of sp³-hybridized carbons (Fsp3) is 0.133. The van der Waals surface area contributed by atoms with Crippen molar-refractivity contribution in [2.24, 2.45) is 5.10 Å². The van der Waals surface area contributed by atoms with Crippen molar-refractivity contribution in [3.63, 3.8) is 0 Å². The fourth-order valence-corrected chi connectivity index (χ4v) is 2.95. The molecule has 0 atom stereocenters. The van der Waals surface area contributed by atoms with E-state index in [0.717, 1.165) is 6.21 Å². The van der Waals surface area contributed by atoms with E-state index in [0.29, 0.717) is 11.3 Å². The summed E-state index contributed by atoms with van der Waals surface area (Å²) in [5, 5.41) is 14.4. The van der Waals surface area contributed by atoms with Gasteiger partial charge in [-0.05, 0) is 18.2 Å². The van der Waals surface area contributed by atoms with E-state index in [-0.39, 0.29) is 21.4 Å². The molecule has 0 saturated heterocycles. The lowest BCUT2D eigenvalue weighted by atomic mass is 10.2. The minimum atomic E-state index is -3.97. The molecule has 0 radical (unpaired) electrons. The molecule has 0 aliphatic heterocycles. The van der Waals surface area contributed by atoms with Crippen LogP contribution in [0, 0.1) is 10.1 Å². The highest BCUT2D eigenvalue weighted by molar-refractivity contribution is 7.89. The number of nitro benzene ring substituents is 1. The van der Waals surface area contributed by atoms with E-state index in [9.17, 15) is 18.5 Å². The van der Waals surface area contributed by atoms with E-state index in [1.807, 2.05) is 4.83 Å². The Morgan fingerprint density at radius 1 is 1.15 bits per heavy atom. The first kappa shape index (κ1) is 19.5. The molecule has 0 aromatic heterocycles. The van der Waals surface area contributed by atoms with E-state index in [4.69, 9.17) is 21.1 Å². The van der Waals surface area contributed by atoms with Gasteiger partial charge in [-0.25, -0.2) is 4.83 Å². The number of sulfonamides is 1. The molecule has 2 aromatic rings. The molecule has 1 N–H and O–H groups in total. The third kappa shape index (κ3) is 4.41. The fourth-order valence-electron chi connectivity index (χ4n) is 1.96. The average molecular weight is 400 g/mol. The number of hydrogen-bond donors (Lipinski definition) is 1. The Kier molecular flexibility index (Phi) is 6.01. The maximum absolute atomic E-state index is 12.3. The van der Waals surface area contributed by atoms with Crippen LogP contribution in [-0.4, -0.2) is 33.8 Å². The molecule has 0 fully saturated rings. The Morgan fingerprint density at radius 3 is 2.46 bits per heavy atom. The highest BCUT2D eigenvalue weighted by Gasteiger charge is 2.16. The summed E-state index contributed by atoms with van der Waals surface area (Å²) < 4.78 is 34.6. The molecule has 26 heavy (non-hydrogen) atoms. The number of methoxy groups -OCH3 is 2. The minimum absolute atomic E-state index is 0.0296. The molecule has 0 heterocycles. The first-order chi connectivity index (χ1) is 12.3. The highest BCUT2D eigenvalue weighted by atomic mass is 35.5. The Balaban J connectivity index is 2.21. The molecule has 0 bridgehead atoms. The number of halogens is 1. The van der Waals surface area contributed by atoms with Crippen molar-refractivity contribution in [1.82, 2.24) is 4.83 Å². The zero-order valence-corrected chi connectivity index (χ0v) is 15.2. The van der Waals surface area contributed by atoms with Gasteiger partial charge < -0.3 is 9.47 Å². The topological polar surface area (TPSA) is 120 Å². The average Bonchev–Trinajstić information content (AvgIpc) is 2.62. The van der Waals surface area contributed by atoms with Gasteiger partial charge in [0.2, 0.25) is 0 Å².